The van der Waals surface area contributed by atoms with Crippen LogP contribution in [0, 0.1) is 5.82 Å². The van der Waals surface area contributed by atoms with Gasteiger partial charge in [0.05, 0.1) is 0 Å². The third-order valence-electron chi connectivity index (χ3n) is 5.27. The topological polar surface area (TPSA) is 64.2 Å². The number of halogens is 2. The van der Waals surface area contributed by atoms with Crippen molar-refractivity contribution in [3.8, 4) is 11.1 Å². The van der Waals surface area contributed by atoms with Crippen LogP contribution in [0.4, 0.5) is 9.18 Å². The van der Waals surface area contributed by atoms with Gasteiger partial charge in [-0.1, -0.05) is 60.5 Å². The van der Waals surface area contributed by atoms with Crippen LogP contribution in [0.2, 0.25) is 5.02 Å². The number of hydrogen-bond donors (Lipinski definition) is 1. The van der Waals surface area contributed by atoms with Crippen LogP contribution >= 0.6 is 11.6 Å². The Labute approximate surface area is 189 Å². The molecule has 0 fully saturated rings. The number of unbranched alkanes of at least 4 members (excludes halogenated alkanes) is 2. The average Bonchev–Trinajstić information content (AvgIpc) is 3.12. The van der Waals surface area contributed by atoms with Gasteiger partial charge in [0.2, 0.25) is 0 Å². The molecule has 1 amide bonds. The van der Waals surface area contributed by atoms with Crippen molar-refractivity contribution in [1.29, 1.82) is 0 Å². The smallest absolute Gasteiger partial charge is 0.407 e. The van der Waals surface area contributed by atoms with Gasteiger partial charge in [-0.25, -0.2) is 14.0 Å². The zero-order valence-electron chi connectivity index (χ0n) is 17.3. The number of fused-ring (bicyclic) bond motifs is 1. The number of aryl methyl sites for hydroxylation is 1. The van der Waals surface area contributed by atoms with Gasteiger partial charge in [-0.2, -0.15) is 4.57 Å². The fraction of sp³-hybridized carbons (Fsp3) is 0.200. The molecular formula is C25H22ClFN2O3. The number of oxazole rings is 1. The largest absolute Gasteiger partial charge is 0.428 e. The summed E-state index contributed by atoms with van der Waals surface area (Å²) in [7, 11) is 0. The second-order valence-electron chi connectivity index (χ2n) is 7.54. The van der Waals surface area contributed by atoms with Crippen molar-refractivity contribution >= 4 is 28.7 Å². The summed E-state index contributed by atoms with van der Waals surface area (Å²) in [5, 5.41) is 3.11. The molecule has 32 heavy (non-hydrogen) atoms. The SMILES string of the molecule is O=C(NCCCCCc1ccccc1)n1c(=O)oc2c(-c3ccc(F)cc3)cc(Cl)cc21. The van der Waals surface area contributed by atoms with Gasteiger partial charge in [-0.05, 0) is 54.7 Å². The number of benzene rings is 3. The number of carbonyl (C=O) groups is 1. The van der Waals surface area contributed by atoms with Gasteiger partial charge in [-0.15, -0.1) is 0 Å². The lowest BCUT2D eigenvalue weighted by molar-refractivity contribution is 0.241. The second-order valence-corrected chi connectivity index (χ2v) is 7.98. The highest BCUT2D eigenvalue weighted by Gasteiger charge is 2.20. The Hall–Kier alpha value is -3.38. The fourth-order valence-corrected chi connectivity index (χ4v) is 3.88. The Morgan fingerprint density at radius 2 is 1.75 bits per heavy atom. The molecule has 3 aromatic carbocycles. The normalized spacial score (nSPS) is 11.1. The predicted molar refractivity (Wildman–Crippen MR) is 124 cm³/mol. The first-order valence-corrected chi connectivity index (χ1v) is 10.8. The maximum atomic E-state index is 13.3. The van der Waals surface area contributed by atoms with Crippen molar-refractivity contribution in [2.75, 3.05) is 6.54 Å². The summed E-state index contributed by atoms with van der Waals surface area (Å²) in [4.78, 5) is 25.2. The van der Waals surface area contributed by atoms with Gasteiger partial charge in [0, 0.05) is 17.1 Å². The summed E-state index contributed by atoms with van der Waals surface area (Å²) < 4.78 is 19.6. The summed E-state index contributed by atoms with van der Waals surface area (Å²) in [6.45, 7) is 0.443. The summed E-state index contributed by atoms with van der Waals surface area (Å²) in [5.41, 5.74) is 2.92. The molecule has 0 bridgehead atoms. The molecule has 4 aromatic rings. The monoisotopic (exact) mass is 452 g/mol. The van der Waals surface area contributed by atoms with E-state index >= 15 is 0 Å². The van der Waals surface area contributed by atoms with Gasteiger partial charge in [0.1, 0.15) is 11.3 Å². The second kappa shape index (κ2) is 9.83. The van der Waals surface area contributed by atoms with E-state index < -0.39 is 11.8 Å². The van der Waals surface area contributed by atoms with Crippen LogP contribution in [0.3, 0.4) is 0 Å². The van der Waals surface area contributed by atoms with Gasteiger partial charge in [0.15, 0.2) is 5.58 Å². The molecule has 0 atom stereocenters. The summed E-state index contributed by atoms with van der Waals surface area (Å²) >= 11 is 6.24. The quantitative estimate of drug-likeness (QED) is 0.348. The van der Waals surface area contributed by atoms with Crippen LogP contribution in [0.25, 0.3) is 22.2 Å². The summed E-state index contributed by atoms with van der Waals surface area (Å²) in [5.74, 6) is -1.18. The first-order chi connectivity index (χ1) is 15.5. The molecule has 0 aliphatic heterocycles. The van der Waals surface area contributed by atoms with E-state index in [9.17, 15) is 14.0 Å². The van der Waals surface area contributed by atoms with E-state index in [1.807, 2.05) is 18.2 Å². The highest BCUT2D eigenvalue weighted by Crippen LogP contribution is 2.31. The number of nitrogens with zero attached hydrogens (tertiary/aromatic N) is 1. The molecule has 0 spiro atoms. The van der Waals surface area contributed by atoms with E-state index in [2.05, 4.69) is 17.4 Å². The Morgan fingerprint density at radius 3 is 2.50 bits per heavy atom. The van der Waals surface area contributed by atoms with E-state index in [1.54, 1.807) is 18.2 Å². The lowest BCUT2D eigenvalue weighted by Crippen LogP contribution is -2.34. The molecule has 0 unspecified atom stereocenters. The molecule has 1 N–H and O–H groups in total. The van der Waals surface area contributed by atoms with Crippen molar-refractivity contribution in [3.63, 3.8) is 0 Å². The van der Waals surface area contributed by atoms with Crippen LogP contribution in [0.1, 0.15) is 24.8 Å². The fourth-order valence-electron chi connectivity index (χ4n) is 3.67. The molecule has 1 heterocycles. The first kappa shape index (κ1) is 21.8. The van der Waals surface area contributed by atoms with Crippen LogP contribution in [-0.2, 0) is 6.42 Å². The van der Waals surface area contributed by atoms with E-state index in [1.165, 1.54) is 23.8 Å². The molecule has 0 aliphatic carbocycles. The molecular weight excluding hydrogens is 431 g/mol. The van der Waals surface area contributed by atoms with E-state index in [0.717, 1.165) is 30.3 Å². The van der Waals surface area contributed by atoms with Crippen molar-refractivity contribution in [2.24, 2.45) is 0 Å². The first-order valence-electron chi connectivity index (χ1n) is 10.5. The molecule has 4 rings (SSSR count). The molecule has 1 aromatic heterocycles. The van der Waals surface area contributed by atoms with Crippen LogP contribution in [0.15, 0.2) is 75.9 Å². The predicted octanol–water partition coefficient (Wildman–Crippen LogP) is 6.02. The Kier molecular flexibility index (Phi) is 6.71. The van der Waals surface area contributed by atoms with Crippen molar-refractivity contribution < 1.29 is 13.6 Å². The molecule has 0 aliphatic rings. The van der Waals surface area contributed by atoms with Crippen LogP contribution in [-0.4, -0.2) is 17.1 Å². The summed E-state index contributed by atoms with van der Waals surface area (Å²) in [6.07, 6.45) is 3.76. The number of carbonyl (C=O) groups excluding carboxylic acids is 1. The minimum atomic E-state index is -0.799. The molecule has 5 nitrogen and oxygen atoms in total. The van der Waals surface area contributed by atoms with E-state index in [0.29, 0.717) is 22.7 Å². The zero-order chi connectivity index (χ0) is 22.5. The van der Waals surface area contributed by atoms with Crippen molar-refractivity contribution in [2.45, 2.75) is 25.7 Å². The van der Waals surface area contributed by atoms with E-state index in [4.69, 9.17) is 16.0 Å². The number of hydrogen-bond acceptors (Lipinski definition) is 3. The molecule has 7 heteroatoms. The molecule has 164 valence electrons. The number of rotatable bonds is 7. The van der Waals surface area contributed by atoms with Gasteiger partial charge in [-0.3, -0.25) is 0 Å². The highest BCUT2D eigenvalue weighted by atomic mass is 35.5. The third kappa shape index (κ3) is 4.92. The van der Waals surface area contributed by atoms with Crippen LogP contribution in [0.5, 0.6) is 0 Å². The lowest BCUT2D eigenvalue weighted by atomic mass is 10.0. The zero-order valence-corrected chi connectivity index (χ0v) is 18.1. The van der Waals surface area contributed by atoms with E-state index in [-0.39, 0.29) is 16.9 Å². The third-order valence-corrected chi connectivity index (χ3v) is 5.48. The minimum absolute atomic E-state index is 0.226. The lowest BCUT2D eigenvalue weighted by Gasteiger charge is -2.07. The van der Waals surface area contributed by atoms with Crippen molar-refractivity contribution in [3.05, 3.63) is 93.7 Å². The molecule has 0 saturated carbocycles. The number of aromatic nitrogens is 1. The average molecular weight is 453 g/mol. The van der Waals surface area contributed by atoms with Gasteiger partial charge >= 0.3 is 11.8 Å². The van der Waals surface area contributed by atoms with Gasteiger partial charge < -0.3 is 9.73 Å². The minimum Gasteiger partial charge on any atom is -0.407 e. The van der Waals surface area contributed by atoms with Gasteiger partial charge in [0.25, 0.3) is 0 Å². The van der Waals surface area contributed by atoms with Crippen LogP contribution < -0.4 is 11.1 Å². The Balaban J connectivity index is 1.44. The standard InChI is InChI=1S/C25H22ClFN2O3/c26-19-15-21(18-10-12-20(27)13-11-18)23-22(16-19)29(25(31)32-23)24(30)28-14-6-2-5-9-17-7-3-1-4-8-17/h1,3-4,7-8,10-13,15-16H,2,5-6,9,14H2,(H,28,30). The molecule has 0 radical (unpaired) electrons. The highest BCUT2D eigenvalue weighted by molar-refractivity contribution is 6.31. The number of amides is 1. The molecule has 0 saturated heterocycles. The number of nitrogens with one attached hydrogen (secondary N) is 1. The maximum absolute atomic E-state index is 13.3. The maximum Gasteiger partial charge on any atom is 0.428 e. The summed E-state index contributed by atoms with van der Waals surface area (Å²) in [6, 6.07) is 18.5. The Bertz CT molecular complexity index is 1280. The van der Waals surface area contributed by atoms with Crippen molar-refractivity contribution in [1.82, 2.24) is 9.88 Å². The Morgan fingerprint density at radius 1 is 1.00 bits per heavy atom.